The van der Waals surface area contributed by atoms with Crippen LogP contribution < -0.4 is 5.32 Å². The number of amides is 1. The molecule has 0 fully saturated rings. The van der Waals surface area contributed by atoms with Crippen LogP contribution in [0.25, 0.3) is 0 Å². The average Bonchev–Trinajstić information content (AvgIpc) is 2.56. The zero-order valence-electron chi connectivity index (χ0n) is 12.0. The molecular weight excluding hydrogens is 296 g/mol. The van der Waals surface area contributed by atoms with Gasteiger partial charge in [-0.15, -0.1) is 0 Å². The second-order valence-corrected chi connectivity index (χ2v) is 6.22. The molecule has 0 spiro atoms. The van der Waals surface area contributed by atoms with Crippen LogP contribution in [0.3, 0.4) is 0 Å². The first-order valence-corrected chi connectivity index (χ1v) is 8.20. The van der Waals surface area contributed by atoms with E-state index in [1.54, 1.807) is 18.2 Å². The first kappa shape index (κ1) is 15.9. The Bertz CT molecular complexity index is 708. The topological polar surface area (TPSA) is 70.0 Å². The molecular formula is C17H16N2O2S. The van der Waals surface area contributed by atoms with Gasteiger partial charge in [0.25, 0.3) is 5.91 Å². The molecule has 0 radical (unpaired) electrons. The highest BCUT2D eigenvalue weighted by atomic mass is 32.2. The molecule has 1 N–H and O–H groups in total. The van der Waals surface area contributed by atoms with Gasteiger partial charge in [-0.1, -0.05) is 30.3 Å². The lowest BCUT2D eigenvalue weighted by atomic mass is 10.1. The summed E-state index contributed by atoms with van der Waals surface area (Å²) in [6.07, 6.45) is 0.277. The number of carbonyl (C=O) groups excluding carboxylic acids is 1. The number of hydrogen-bond acceptors (Lipinski definition) is 3. The van der Waals surface area contributed by atoms with Gasteiger partial charge < -0.3 is 5.32 Å². The van der Waals surface area contributed by atoms with Gasteiger partial charge in [0, 0.05) is 22.8 Å². The molecule has 1 atom stereocenters. The SMILES string of the molecule is N#CCc1cccc(C(=O)NCC[S@@](=O)c2ccccc2)c1. The van der Waals surface area contributed by atoms with Crippen molar-refractivity contribution in [1.82, 2.24) is 5.32 Å². The van der Waals surface area contributed by atoms with E-state index in [0.717, 1.165) is 10.5 Å². The van der Waals surface area contributed by atoms with E-state index in [1.807, 2.05) is 36.4 Å². The molecule has 22 heavy (non-hydrogen) atoms. The molecule has 0 aliphatic heterocycles. The monoisotopic (exact) mass is 312 g/mol. The summed E-state index contributed by atoms with van der Waals surface area (Å²) in [4.78, 5) is 12.8. The summed E-state index contributed by atoms with van der Waals surface area (Å²) in [6, 6.07) is 18.2. The van der Waals surface area contributed by atoms with Gasteiger partial charge in [-0.05, 0) is 29.8 Å². The Morgan fingerprint density at radius 1 is 1.14 bits per heavy atom. The molecule has 0 aliphatic rings. The second kappa shape index (κ2) is 8.11. The third-order valence-corrected chi connectivity index (χ3v) is 4.42. The van der Waals surface area contributed by atoms with E-state index in [-0.39, 0.29) is 12.3 Å². The van der Waals surface area contributed by atoms with Crippen molar-refractivity contribution >= 4 is 16.7 Å². The molecule has 0 aliphatic carbocycles. The van der Waals surface area contributed by atoms with Crippen molar-refractivity contribution in [3.8, 4) is 6.07 Å². The van der Waals surface area contributed by atoms with Crippen LogP contribution in [-0.4, -0.2) is 22.4 Å². The van der Waals surface area contributed by atoms with Gasteiger partial charge in [0.2, 0.25) is 0 Å². The summed E-state index contributed by atoms with van der Waals surface area (Å²) in [5.74, 6) is 0.151. The normalized spacial score (nSPS) is 11.4. The molecule has 0 heterocycles. The number of nitrogens with one attached hydrogen (secondary N) is 1. The first-order chi connectivity index (χ1) is 10.7. The highest BCUT2D eigenvalue weighted by Gasteiger charge is 2.07. The van der Waals surface area contributed by atoms with E-state index < -0.39 is 10.8 Å². The van der Waals surface area contributed by atoms with Crippen molar-refractivity contribution in [1.29, 1.82) is 5.26 Å². The Kier molecular flexibility index (Phi) is 5.87. The predicted molar refractivity (Wildman–Crippen MR) is 85.8 cm³/mol. The molecule has 0 bridgehead atoms. The molecule has 0 aromatic heterocycles. The average molecular weight is 312 g/mol. The van der Waals surface area contributed by atoms with E-state index >= 15 is 0 Å². The molecule has 112 valence electrons. The number of nitriles is 1. The van der Waals surface area contributed by atoms with Gasteiger partial charge in [0.05, 0.1) is 23.3 Å². The maximum absolute atomic E-state index is 12.0. The van der Waals surface area contributed by atoms with Crippen LogP contribution in [0.2, 0.25) is 0 Å². The maximum atomic E-state index is 12.0. The van der Waals surface area contributed by atoms with Gasteiger partial charge in [0.15, 0.2) is 0 Å². The summed E-state index contributed by atoms with van der Waals surface area (Å²) < 4.78 is 12.0. The Morgan fingerprint density at radius 2 is 1.91 bits per heavy atom. The lowest BCUT2D eigenvalue weighted by Gasteiger charge is -2.06. The third kappa shape index (κ3) is 4.54. The first-order valence-electron chi connectivity index (χ1n) is 6.88. The fourth-order valence-electron chi connectivity index (χ4n) is 1.96. The van der Waals surface area contributed by atoms with Crippen molar-refractivity contribution in [2.24, 2.45) is 0 Å². The third-order valence-electron chi connectivity index (χ3n) is 3.05. The predicted octanol–water partition coefficient (Wildman–Crippen LogP) is 2.29. The molecule has 4 nitrogen and oxygen atoms in total. The number of rotatable bonds is 6. The van der Waals surface area contributed by atoms with Crippen LogP contribution in [0, 0.1) is 11.3 Å². The molecule has 5 heteroatoms. The summed E-state index contributed by atoms with van der Waals surface area (Å²) in [7, 11) is -1.12. The van der Waals surface area contributed by atoms with Crippen LogP contribution >= 0.6 is 0 Å². The number of hydrogen-bond donors (Lipinski definition) is 1. The van der Waals surface area contributed by atoms with E-state index in [0.29, 0.717) is 17.9 Å². The summed E-state index contributed by atoms with van der Waals surface area (Å²) in [5, 5.41) is 11.4. The minimum atomic E-state index is -1.12. The Hall–Kier alpha value is -2.45. The van der Waals surface area contributed by atoms with Gasteiger partial charge >= 0.3 is 0 Å². The van der Waals surface area contributed by atoms with Gasteiger partial charge in [-0.2, -0.15) is 5.26 Å². The van der Waals surface area contributed by atoms with Gasteiger partial charge in [-0.25, -0.2) is 0 Å². The zero-order chi connectivity index (χ0) is 15.8. The minimum Gasteiger partial charge on any atom is -0.351 e. The van der Waals surface area contributed by atoms with E-state index in [9.17, 15) is 9.00 Å². The van der Waals surface area contributed by atoms with E-state index in [1.165, 1.54) is 0 Å². The van der Waals surface area contributed by atoms with Crippen LogP contribution in [0.4, 0.5) is 0 Å². The van der Waals surface area contributed by atoms with Gasteiger partial charge in [-0.3, -0.25) is 9.00 Å². The summed E-state index contributed by atoms with van der Waals surface area (Å²) in [5.41, 5.74) is 1.32. The standard InChI is InChI=1S/C17H16N2O2S/c18-10-9-14-5-4-6-15(13-14)17(20)19-11-12-22(21)16-7-2-1-3-8-16/h1-8,13H,9,11-12H2,(H,19,20)/t22-/m1/s1. The number of benzene rings is 2. The van der Waals surface area contributed by atoms with Crippen molar-refractivity contribution in [2.75, 3.05) is 12.3 Å². The lowest BCUT2D eigenvalue weighted by Crippen LogP contribution is -2.27. The van der Waals surface area contributed by atoms with Crippen LogP contribution in [0.1, 0.15) is 15.9 Å². The minimum absolute atomic E-state index is 0.218. The maximum Gasteiger partial charge on any atom is 0.251 e. The van der Waals surface area contributed by atoms with Crippen LogP contribution in [0.15, 0.2) is 59.5 Å². The highest BCUT2D eigenvalue weighted by molar-refractivity contribution is 7.85. The van der Waals surface area contributed by atoms with E-state index in [4.69, 9.17) is 5.26 Å². The molecule has 1 amide bonds. The van der Waals surface area contributed by atoms with Gasteiger partial charge in [0.1, 0.15) is 0 Å². The molecule has 0 saturated carbocycles. The van der Waals surface area contributed by atoms with Crippen molar-refractivity contribution in [3.63, 3.8) is 0 Å². The van der Waals surface area contributed by atoms with E-state index in [2.05, 4.69) is 11.4 Å². The Morgan fingerprint density at radius 3 is 2.64 bits per heavy atom. The van der Waals surface area contributed by atoms with Crippen LogP contribution in [-0.2, 0) is 17.2 Å². The summed E-state index contributed by atoms with van der Waals surface area (Å²) >= 11 is 0. The molecule has 2 aromatic carbocycles. The fraction of sp³-hybridized carbons (Fsp3) is 0.176. The highest BCUT2D eigenvalue weighted by Crippen LogP contribution is 2.07. The van der Waals surface area contributed by atoms with Crippen molar-refractivity contribution in [2.45, 2.75) is 11.3 Å². The molecule has 0 unspecified atom stereocenters. The van der Waals surface area contributed by atoms with Crippen molar-refractivity contribution in [3.05, 3.63) is 65.7 Å². The van der Waals surface area contributed by atoms with Crippen LogP contribution in [0.5, 0.6) is 0 Å². The lowest BCUT2D eigenvalue weighted by molar-refractivity contribution is 0.0956. The fourth-order valence-corrected chi connectivity index (χ4v) is 2.95. The largest absolute Gasteiger partial charge is 0.351 e. The smallest absolute Gasteiger partial charge is 0.251 e. The molecule has 2 rings (SSSR count). The number of carbonyl (C=O) groups is 1. The Balaban J connectivity index is 1.87. The second-order valence-electron chi connectivity index (χ2n) is 4.65. The Labute approximate surface area is 132 Å². The molecule has 0 saturated heterocycles. The number of nitrogens with zero attached hydrogens (tertiary/aromatic N) is 1. The quantitative estimate of drug-likeness (QED) is 0.889. The zero-order valence-corrected chi connectivity index (χ0v) is 12.8. The molecule has 2 aromatic rings. The van der Waals surface area contributed by atoms with Crippen molar-refractivity contribution < 1.29 is 9.00 Å². The summed E-state index contributed by atoms with van der Waals surface area (Å²) in [6.45, 7) is 0.336.